The van der Waals surface area contributed by atoms with E-state index in [1.807, 2.05) is 31.8 Å². The fourth-order valence-electron chi connectivity index (χ4n) is 2.07. The van der Waals surface area contributed by atoms with Gasteiger partial charge in [-0.2, -0.15) is 5.10 Å². The molecule has 0 aliphatic heterocycles. The molecule has 2 rings (SSSR count). The Kier molecular flexibility index (Phi) is 3.58. The minimum Gasteiger partial charge on any atom is -0.328 e. The van der Waals surface area contributed by atoms with Crippen molar-refractivity contribution in [3.63, 3.8) is 0 Å². The molecule has 2 heterocycles. The number of imidazole rings is 1. The van der Waals surface area contributed by atoms with Gasteiger partial charge in [-0.3, -0.25) is 4.68 Å². The van der Waals surface area contributed by atoms with Crippen LogP contribution in [0.2, 0.25) is 0 Å². The summed E-state index contributed by atoms with van der Waals surface area (Å²) in [6, 6.07) is 0.132. The highest BCUT2D eigenvalue weighted by Crippen LogP contribution is 2.18. The van der Waals surface area contributed by atoms with Gasteiger partial charge in [0.05, 0.1) is 12.2 Å². The molecular weight excluding hydrogens is 214 g/mol. The topological polar surface area (TPSA) is 61.7 Å². The van der Waals surface area contributed by atoms with E-state index in [1.165, 1.54) is 0 Å². The Labute approximate surface area is 101 Å². The third kappa shape index (κ3) is 2.39. The van der Waals surface area contributed by atoms with E-state index in [0.717, 1.165) is 24.2 Å². The summed E-state index contributed by atoms with van der Waals surface area (Å²) in [7, 11) is 1.91. The molecule has 5 heteroatoms. The number of hydrogen-bond donors (Lipinski definition) is 1. The van der Waals surface area contributed by atoms with Crippen LogP contribution >= 0.6 is 0 Å². The number of nitrogens with zero attached hydrogens (tertiary/aromatic N) is 4. The molecule has 0 amide bonds. The first-order chi connectivity index (χ1) is 8.26. The maximum atomic E-state index is 5.88. The molecule has 0 aliphatic carbocycles. The predicted molar refractivity (Wildman–Crippen MR) is 66.6 cm³/mol. The van der Waals surface area contributed by atoms with Crippen LogP contribution in [0, 0.1) is 0 Å². The summed E-state index contributed by atoms with van der Waals surface area (Å²) in [5, 5.41) is 4.20. The first kappa shape index (κ1) is 11.9. The zero-order valence-corrected chi connectivity index (χ0v) is 10.4. The molecule has 0 aromatic carbocycles. The maximum Gasteiger partial charge on any atom is 0.109 e. The van der Waals surface area contributed by atoms with E-state index >= 15 is 0 Å². The molecule has 0 radical (unpaired) electrons. The van der Waals surface area contributed by atoms with E-state index in [0.29, 0.717) is 6.54 Å². The van der Waals surface area contributed by atoms with Crippen molar-refractivity contribution in [2.24, 2.45) is 12.8 Å². The number of hydrogen-bond acceptors (Lipinski definition) is 3. The summed E-state index contributed by atoms with van der Waals surface area (Å²) in [4.78, 5) is 4.39. The highest BCUT2D eigenvalue weighted by Gasteiger charge is 2.16. The van der Waals surface area contributed by atoms with Crippen molar-refractivity contribution >= 4 is 0 Å². The molecule has 17 heavy (non-hydrogen) atoms. The Bertz CT molecular complexity index is 471. The van der Waals surface area contributed by atoms with Gasteiger partial charge in [0.15, 0.2) is 0 Å². The Morgan fingerprint density at radius 2 is 2.29 bits per heavy atom. The number of nitrogens with two attached hydrogens (primary N) is 1. The summed E-state index contributed by atoms with van der Waals surface area (Å²) >= 11 is 0. The molecule has 2 N–H and O–H groups in total. The molecular formula is C12H19N5. The molecule has 0 aliphatic rings. The molecule has 0 saturated carbocycles. The molecule has 0 saturated heterocycles. The average molecular weight is 233 g/mol. The van der Waals surface area contributed by atoms with Gasteiger partial charge in [-0.15, -0.1) is 0 Å². The van der Waals surface area contributed by atoms with Gasteiger partial charge in [-0.1, -0.05) is 6.92 Å². The van der Waals surface area contributed by atoms with E-state index in [9.17, 15) is 0 Å². The fourth-order valence-corrected chi connectivity index (χ4v) is 2.07. The van der Waals surface area contributed by atoms with Crippen LogP contribution in [0.25, 0.3) is 0 Å². The lowest BCUT2D eigenvalue weighted by atomic mass is 10.1. The molecule has 2 aromatic heterocycles. The van der Waals surface area contributed by atoms with E-state index in [4.69, 9.17) is 5.73 Å². The Balaban J connectivity index is 2.31. The Morgan fingerprint density at radius 3 is 2.88 bits per heavy atom. The lowest BCUT2D eigenvalue weighted by molar-refractivity contribution is 0.561. The van der Waals surface area contributed by atoms with Crippen molar-refractivity contribution in [2.75, 3.05) is 6.54 Å². The molecule has 0 bridgehead atoms. The van der Waals surface area contributed by atoms with Gasteiger partial charge in [-0.05, 0) is 6.42 Å². The average Bonchev–Trinajstić information content (AvgIpc) is 2.91. The standard InChI is InChI=1S/C12H19N5/c1-3-4-12-14-5-6-17(12)11(7-13)10-8-15-16(2)9-10/h5-6,8-9,11H,3-4,7,13H2,1-2H3. The van der Waals surface area contributed by atoms with Crippen LogP contribution in [0.3, 0.4) is 0 Å². The second-order valence-electron chi connectivity index (χ2n) is 4.20. The second-order valence-corrected chi connectivity index (χ2v) is 4.20. The molecule has 2 aromatic rings. The van der Waals surface area contributed by atoms with Gasteiger partial charge in [0, 0.05) is 44.2 Å². The Morgan fingerprint density at radius 1 is 1.47 bits per heavy atom. The van der Waals surface area contributed by atoms with E-state index in [2.05, 4.69) is 21.6 Å². The van der Waals surface area contributed by atoms with Gasteiger partial charge in [0.25, 0.3) is 0 Å². The first-order valence-corrected chi connectivity index (χ1v) is 5.96. The van der Waals surface area contributed by atoms with Gasteiger partial charge in [0.1, 0.15) is 5.82 Å². The minimum atomic E-state index is 0.132. The van der Waals surface area contributed by atoms with Crippen molar-refractivity contribution in [2.45, 2.75) is 25.8 Å². The van der Waals surface area contributed by atoms with Crippen LogP contribution < -0.4 is 5.73 Å². The summed E-state index contributed by atoms with van der Waals surface area (Å²) in [5.41, 5.74) is 7.01. The largest absolute Gasteiger partial charge is 0.328 e. The van der Waals surface area contributed by atoms with Crippen LogP contribution in [-0.2, 0) is 13.5 Å². The van der Waals surface area contributed by atoms with E-state index in [-0.39, 0.29) is 6.04 Å². The van der Waals surface area contributed by atoms with Crippen LogP contribution in [0.15, 0.2) is 24.8 Å². The van der Waals surface area contributed by atoms with E-state index < -0.39 is 0 Å². The molecule has 0 spiro atoms. The van der Waals surface area contributed by atoms with Crippen LogP contribution in [0.1, 0.15) is 30.8 Å². The number of aryl methyl sites for hydroxylation is 2. The minimum absolute atomic E-state index is 0.132. The molecule has 1 atom stereocenters. The fraction of sp³-hybridized carbons (Fsp3) is 0.500. The SMILES string of the molecule is CCCc1nccn1C(CN)c1cnn(C)c1. The summed E-state index contributed by atoms with van der Waals surface area (Å²) in [6.45, 7) is 2.71. The van der Waals surface area contributed by atoms with Crippen molar-refractivity contribution < 1.29 is 0 Å². The van der Waals surface area contributed by atoms with Gasteiger partial charge < -0.3 is 10.3 Å². The summed E-state index contributed by atoms with van der Waals surface area (Å²) in [5.74, 6) is 1.09. The summed E-state index contributed by atoms with van der Waals surface area (Å²) in [6.07, 6.45) is 9.77. The third-order valence-electron chi connectivity index (χ3n) is 2.89. The molecule has 0 fully saturated rings. The van der Waals surface area contributed by atoms with Crippen LogP contribution in [0.4, 0.5) is 0 Å². The van der Waals surface area contributed by atoms with Crippen molar-refractivity contribution in [1.29, 1.82) is 0 Å². The zero-order valence-electron chi connectivity index (χ0n) is 10.4. The highest BCUT2D eigenvalue weighted by atomic mass is 15.2. The van der Waals surface area contributed by atoms with Crippen molar-refractivity contribution in [3.05, 3.63) is 36.2 Å². The van der Waals surface area contributed by atoms with Crippen LogP contribution in [0.5, 0.6) is 0 Å². The highest BCUT2D eigenvalue weighted by molar-refractivity contribution is 5.14. The van der Waals surface area contributed by atoms with E-state index in [1.54, 1.807) is 4.68 Å². The quantitative estimate of drug-likeness (QED) is 0.841. The maximum absolute atomic E-state index is 5.88. The molecule has 5 nitrogen and oxygen atoms in total. The Hall–Kier alpha value is -1.62. The number of aromatic nitrogens is 4. The van der Waals surface area contributed by atoms with Crippen molar-refractivity contribution in [3.8, 4) is 0 Å². The smallest absolute Gasteiger partial charge is 0.109 e. The van der Waals surface area contributed by atoms with Crippen molar-refractivity contribution in [1.82, 2.24) is 19.3 Å². The zero-order chi connectivity index (χ0) is 12.3. The van der Waals surface area contributed by atoms with Gasteiger partial charge in [0.2, 0.25) is 0 Å². The summed E-state index contributed by atoms with van der Waals surface area (Å²) < 4.78 is 3.95. The first-order valence-electron chi connectivity index (χ1n) is 5.96. The molecule has 92 valence electrons. The van der Waals surface area contributed by atoms with Gasteiger partial charge >= 0.3 is 0 Å². The van der Waals surface area contributed by atoms with Gasteiger partial charge in [-0.25, -0.2) is 4.98 Å². The number of rotatable bonds is 5. The monoisotopic (exact) mass is 233 g/mol. The lowest BCUT2D eigenvalue weighted by Crippen LogP contribution is -2.21. The predicted octanol–water partition coefficient (Wildman–Crippen LogP) is 1.12. The normalized spacial score (nSPS) is 12.9. The third-order valence-corrected chi connectivity index (χ3v) is 2.89. The molecule has 1 unspecified atom stereocenters. The second kappa shape index (κ2) is 5.14. The van der Waals surface area contributed by atoms with Crippen LogP contribution in [-0.4, -0.2) is 25.9 Å². The lowest BCUT2D eigenvalue weighted by Gasteiger charge is -2.17.